The molecule has 1 heterocycles. The first kappa shape index (κ1) is 8.64. The molecule has 0 aliphatic rings. The summed E-state index contributed by atoms with van der Waals surface area (Å²) in [6.45, 7) is 0.237. The Kier molecular flexibility index (Phi) is 2.99. The minimum atomic E-state index is 0.237. The van der Waals surface area contributed by atoms with Gasteiger partial charge in [0.2, 0.25) is 0 Å². The van der Waals surface area contributed by atoms with Crippen molar-refractivity contribution < 1.29 is 4.42 Å². The SMILES string of the molecule is [N-]=[N+]=NCc1cc(Br)c(Br)o1. The van der Waals surface area contributed by atoms with E-state index in [0.29, 0.717) is 10.4 Å². The molecule has 6 heteroatoms. The van der Waals surface area contributed by atoms with Crippen LogP contribution in [-0.4, -0.2) is 0 Å². The van der Waals surface area contributed by atoms with Crippen LogP contribution >= 0.6 is 31.9 Å². The van der Waals surface area contributed by atoms with Gasteiger partial charge < -0.3 is 4.42 Å². The molecule has 11 heavy (non-hydrogen) atoms. The predicted octanol–water partition coefficient (Wildman–Crippen LogP) is 3.61. The molecule has 58 valence electrons. The van der Waals surface area contributed by atoms with Crippen molar-refractivity contribution in [1.29, 1.82) is 0 Å². The highest BCUT2D eigenvalue weighted by molar-refractivity contribution is 9.13. The maximum absolute atomic E-state index is 8.00. The highest BCUT2D eigenvalue weighted by atomic mass is 79.9. The molecule has 0 amide bonds. The second-order valence-electron chi connectivity index (χ2n) is 1.72. The van der Waals surface area contributed by atoms with E-state index >= 15 is 0 Å². The number of rotatable bonds is 2. The molecule has 4 nitrogen and oxygen atoms in total. The summed E-state index contributed by atoms with van der Waals surface area (Å²) in [5, 5.41) is 3.34. The van der Waals surface area contributed by atoms with E-state index in [9.17, 15) is 0 Å². The molecule has 0 aliphatic carbocycles. The molecule has 0 radical (unpaired) electrons. The number of hydrogen-bond donors (Lipinski definition) is 0. The van der Waals surface area contributed by atoms with Crippen LogP contribution in [0.3, 0.4) is 0 Å². The molecule has 1 aromatic heterocycles. The minimum Gasteiger partial charge on any atom is -0.453 e. The Morgan fingerprint density at radius 2 is 2.36 bits per heavy atom. The fourth-order valence-corrected chi connectivity index (χ4v) is 1.23. The molecule has 0 bridgehead atoms. The average Bonchev–Trinajstić information content (AvgIpc) is 2.28. The van der Waals surface area contributed by atoms with Crippen molar-refractivity contribution in [2.24, 2.45) is 5.11 Å². The van der Waals surface area contributed by atoms with E-state index in [2.05, 4.69) is 41.9 Å². The first-order valence-electron chi connectivity index (χ1n) is 2.68. The first-order chi connectivity index (χ1) is 5.24. The van der Waals surface area contributed by atoms with E-state index in [-0.39, 0.29) is 6.54 Å². The minimum absolute atomic E-state index is 0.237. The summed E-state index contributed by atoms with van der Waals surface area (Å²) < 4.78 is 6.55. The van der Waals surface area contributed by atoms with Gasteiger partial charge in [0, 0.05) is 4.91 Å². The van der Waals surface area contributed by atoms with Crippen LogP contribution in [0.25, 0.3) is 10.4 Å². The molecule has 0 saturated carbocycles. The Balaban J connectivity index is 2.80. The number of hydrogen-bond acceptors (Lipinski definition) is 2. The van der Waals surface area contributed by atoms with Crippen LogP contribution in [0.4, 0.5) is 0 Å². The van der Waals surface area contributed by atoms with Crippen molar-refractivity contribution in [2.45, 2.75) is 6.54 Å². The highest BCUT2D eigenvalue weighted by Gasteiger charge is 2.03. The fourth-order valence-electron chi connectivity index (χ4n) is 0.571. The van der Waals surface area contributed by atoms with Crippen LogP contribution < -0.4 is 0 Å². The van der Waals surface area contributed by atoms with Crippen molar-refractivity contribution in [3.63, 3.8) is 0 Å². The zero-order chi connectivity index (χ0) is 8.27. The number of azide groups is 1. The van der Waals surface area contributed by atoms with E-state index in [1.807, 2.05) is 0 Å². The Labute approximate surface area is 79.5 Å². The molecule has 0 N–H and O–H groups in total. The summed E-state index contributed by atoms with van der Waals surface area (Å²) in [5.41, 5.74) is 8.00. The van der Waals surface area contributed by atoms with Crippen molar-refractivity contribution in [2.75, 3.05) is 0 Å². The molecule has 0 spiro atoms. The lowest BCUT2D eigenvalue weighted by atomic mass is 10.5. The van der Waals surface area contributed by atoms with Gasteiger partial charge in [-0.15, -0.1) is 0 Å². The van der Waals surface area contributed by atoms with Gasteiger partial charge in [0.15, 0.2) is 4.67 Å². The summed E-state index contributed by atoms with van der Waals surface area (Å²) >= 11 is 6.39. The van der Waals surface area contributed by atoms with E-state index in [0.717, 1.165) is 4.47 Å². The summed E-state index contributed by atoms with van der Waals surface area (Å²) in [7, 11) is 0. The Morgan fingerprint density at radius 1 is 1.64 bits per heavy atom. The molecule has 1 aromatic rings. The molecule has 0 fully saturated rings. The van der Waals surface area contributed by atoms with Crippen LogP contribution in [0.2, 0.25) is 0 Å². The topological polar surface area (TPSA) is 61.9 Å². The van der Waals surface area contributed by atoms with Crippen molar-refractivity contribution in [3.8, 4) is 0 Å². The largest absolute Gasteiger partial charge is 0.453 e. The fraction of sp³-hybridized carbons (Fsp3) is 0.200. The molecule has 0 saturated heterocycles. The van der Waals surface area contributed by atoms with Gasteiger partial charge in [-0.05, 0) is 43.5 Å². The number of nitrogens with zero attached hydrogens (tertiary/aromatic N) is 3. The standard InChI is InChI=1S/C5H3Br2N3O/c6-4-1-3(2-9-10-8)11-5(4)7/h1H,2H2. The maximum Gasteiger partial charge on any atom is 0.183 e. The van der Waals surface area contributed by atoms with Crippen LogP contribution in [0.5, 0.6) is 0 Å². The van der Waals surface area contributed by atoms with Gasteiger partial charge in [-0.1, -0.05) is 5.11 Å². The lowest BCUT2D eigenvalue weighted by Crippen LogP contribution is -1.70. The molecule has 0 unspecified atom stereocenters. The monoisotopic (exact) mass is 279 g/mol. The van der Waals surface area contributed by atoms with Gasteiger partial charge in [-0.2, -0.15) is 0 Å². The molecule has 0 atom stereocenters. The highest BCUT2D eigenvalue weighted by Crippen LogP contribution is 2.26. The summed E-state index contributed by atoms with van der Waals surface area (Å²) in [4.78, 5) is 2.60. The lowest BCUT2D eigenvalue weighted by molar-refractivity contribution is 0.489. The average molecular weight is 281 g/mol. The molecule has 1 rings (SSSR count). The normalized spacial score (nSPS) is 9.27. The molecular formula is C5H3Br2N3O. The lowest BCUT2D eigenvalue weighted by Gasteiger charge is -1.82. The Hall–Kier alpha value is -0.450. The smallest absolute Gasteiger partial charge is 0.183 e. The third-order valence-corrected chi connectivity index (χ3v) is 2.70. The quantitative estimate of drug-likeness (QED) is 0.464. The summed E-state index contributed by atoms with van der Waals surface area (Å²) in [5.74, 6) is 0.626. The van der Waals surface area contributed by atoms with Crippen molar-refractivity contribution >= 4 is 31.9 Å². The van der Waals surface area contributed by atoms with Crippen molar-refractivity contribution in [1.82, 2.24) is 0 Å². The van der Waals surface area contributed by atoms with Crippen LogP contribution in [0.1, 0.15) is 5.76 Å². The van der Waals surface area contributed by atoms with E-state index in [4.69, 9.17) is 9.95 Å². The van der Waals surface area contributed by atoms with Crippen molar-refractivity contribution in [3.05, 3.63) is 31.4 Å². The van der Waals surface area contributed by atoms with Gasteiger partial charge >= 0.3 is 0 Å². The zero-order valence-corrected chi connectivity index (χ0v) is 8.46. The number of halogens is 2. The van der Waals surface area contributed by atoms with Crippen LogP contribution in [-0.2, 0) is 6.54 Å². The molecule has 0 aromatic carbocycles. The van der Waals surface area contributed by atoms with Gasteiger partial charge in [0.25, 0.3) is 0 Å². The Bertz CT molecular complexity index is 283. The van der Waals surface area contributed by atoms with Gasteiger partial charge in [-0.3, -0.25) is 0 Å². The van der Waals surface area contributed by atoms with E-state index < -0.39 is 0 Å². The zero-order valence-electron chi connectivity index (χ0n) is 5.29. The predicted molar refractivity (Wildman–Crippen MR) is 47.0 cm³/mol. The third kappa shape index (κ3) is 2.25. The van der Waals surface area contributed by atoms with Gasteiger partial charge in [-0.25, -0.2) is 0 Å². The maximum atomic E-state index is 8.00. The Morgan fingerprint density at radius 3 is 2.82 bits per heavy atom. The van der Waals surface area contributed by atoms with Gasteiger partial charge in [0.05, 0.1) is 11.0 Å². The first-order valence-corrected chi connectivity index (χ1v) is 4.27. The van der Waals surface area contributed by atoms with Gasteiger partial charge in [0.1, 0.15) is 5.76 Å². The van der Waals surface area contributed by atoms with Crippen LogP contribution in [0, 0.1) is 0 Å². The summed E-state index contributed by atoms with van der Waals surface area (Å²) in [6, 6.07) is 1.75. The molecular weight excluding hydrogens is 278 g/mol. The van der Waals surface area contributed by atoms with Crippen LogP contribution in [0.15, 0.2) is 24.7 Å². The second kappa shape index (κ2) is 3.80. The summed E-state index contributed by atoms with van der Waals surface area (Å²) in [6.07, 6.45) is 0. The molecule has 0 aliphatic heterocycles. The third-order valence-electron chi connectivity index (χ3n) is 0.986. The van der Waals surface area contributed by atoms with E-state index in [1.165, 1.54) is 0 Å². The second-order valence-corrected chi connectivity index (χ2v) is 3.30. The number of furan rings is 1. The van der Waals surface area contributed by atoms with E-state index in [1.54, 1.807) is 6.07 Å².